The third-order valence-corrected chi connectivity index (χ3v) is 5.88. The number of methoxy groups -OCH3 is 1. The van der Waals surface area contributed by atoms with Crippen LogP contribution in [0.3, 0.4) is 0 Å². The molecule has 1 aliphatic rings. The van der Waals surface area contributed by atoms with Gasteiger partial charge in [0.2, 0.25) is 0 Å². The molecule has 0 saturated carbocycles. The minimum Gasteiger partial charge on any atom is -0.382 e. The van der Waals surface area contributed by atoms with E-state index in [-0.39, 0.29) is 18.2 Å². The molecule has 6 nitrogen and oxygen atoms in total. The molecule has 0 aliphatic carbocycles. The molecule has 0 radical (unpaired) electrons. The van der Waals surface area contributed by atoms with Crippen LogP contribution in [-0.4, -0.2) is 35.5 Å². The number of aliphatic imine (C=N–C) groups is 1. The second-order valence-electron chi connectivity index (χ2n) is 6.73. The molecule has 3 rings (SSSR count). The Hall–Kier alpha value is -2.52. The van der Waals surface area contributed by atoms with Gasteiger partial charge < -0.3 is 15.8 Å². The summed E-state index contributed by atoms with van der Waals surface area (Å²) in [5, 5.41) is 3.04. The Balaban J connectivity index is 1.99. The molecule has 0 spiro atoms. The first-order valence-corrected chi connectivity index (χ1v) is 10.1. The smallest absolute Gasteiger partial charge is 0.274 e. The lowest BCUT2D eigenvalue weighted by molar-refractivity contribution is 0.0970. The number of amides is 1. The molecule has 154 valence electrons. The number of nitrogens with one attached hydrogen (secondary N) is 1. The Kier molecular flexibility index (Phi) is 6.49. The number of carbonyl (C=O) groups is 1. The van der Waals surface area contributed by atoms with Crippen LogP contribution < -0.4 is 11.1 Å². The summed E-state index contributed by atoms with van der Waals surface area (Å²) in [5.41, 5.74) is 5.71. The summed E-state index contributed by atoms with van der Waals surface area (Å²) in [7, 11) is 1.53. The fraction of sp³-hybridized carbons (Fsp3) is 0.350. The molecular weight excluding hydrogens is 398 g/mol. The Morgan fingerprint density at radius 3 is 2.83 bits per heavy atom. The van der Waals surface area contributed by atoms with Crippen molar-refractivity contribution in [3.8, 4) is 0 Å². The van der Waals surface area contributed by atoms with E-state index in [2.05, 4.69) is 15.3 Å². The number of anilines is 1. The summed E-state index contributed by atoms with van der Waals surface area (Å²) < 4.78 is 33.4. The highest BCUT2D eigenvalue weighted by molar-refractivity contribution is 8.13. The number of nitrogens with two attached hydrogens (primary N) is 1. The number of halogens is 2. The number of amidine groups is 1. The molecule has 3 N–H and O–H groups in total. The molecule has 1 aromatic carbocycles. The van der Waals surface area contributed by atoms with Gasteiger partial charge in [-0.25, -0.2) is 18.8 Å². The predicted molar refractivity (Wildman–Crippen MR) is 110 cm³/mol. The predicted octanol–water partition coefficient (Wildman–Crippen LogP) is 3.54. The van der Waals surface area contributed by atoms with E-state index in [1.54, 1.807) is 6.07 Å². The van der Waals surface area contributed by atoms with Crippen LogP contribution in [0.5, 0.6) is 0 Å². The number of hydrogen-bond donors (Lipinski definition) is 2. The van der Waals surface area contributed by atoms with Gasteiger partial charge in [-0.15, -0.1) is 0 Å². The van der Waals surface area contributed by atoms with E-state index in [1.807, 2.05) is 6.92 Å². The Labute approximate surface area is 172 Å². The van der Waals surface area contributed by atoms with Gasteiger partial charge in [-0.05, 0) is 42.7 Å². The van der Waals surface area contributed by atoms with Gasteiger partial charge in [0.15, 0.2) is 5.17 Å². The van der Waals surface area contributed by atoms with Crippen molar-refractivity contribution < 1.29 is 18.3 Å². The number of carbonyl (C=O) groups excluding carboxylic acids is 1. The van der Waals surface area contributed by atoms with E-state index in [0.717, 1.165) is 18.7 Å². The first kappa shape index (κ1) is 21.2. The van der Waals surface area contributed by atoms with Crippen molar-refractivity contribution >= 4 is 28.5 Å². The van der Waals surface area contributed by atoms with Crippen molar-refractivity contribution in [2.75, 3.05) is 24.8 Å². The lowest BCUT2D eigenvalue weighted by atomic mass is 9.78. The van der Waals surface area contributed by atoms with Crippen LogP contribution in [0.15, 0.2) is 41.5 Å². The highest BCUT2D eigenvalue weighted by Crippen LogP contribution is 2.43. The van der Waals surface area contributed by atoms with Crippen LogP contribution in [-0.2, 0) is 10.3 Å². The van der Waals surface area contributed by atoms with Crippen LogP contribution in [0.4, 0.5) is 14.5 Å². The topological polar surface area (TPSA) is 89.6 Å². The summed E-state index contributed by atoms with van der Waals surface area (Å²) in [6.07, 6.45) is 1.71. The van der Waals surface area contributed by atoms with E-state index in [9.17, 15) is 13.6 Å². The molecule has 0 saturated heterocycles. The van der Waals surface area contributed by atoms with Gasteiger partial charge in [-0.1, -0.05) is 18.7 Å². The summed E-state index contributed by atoms with van der Waals surface area (Å²) in [5.74, 6) is -0.841. The number of aromatic nitrogens is 1. The largest absolute Gasteiger partial charge is 0.382 e. The fourth-order valence-corrected chi connectivity index (χ4v) is 4.58. The molecule has 0 bridgehead atoms. The van der Waals surface area contributed by atoms with Crippen molar-refractivity contribution in [1.82, 2.24) is 4.98 Å². The van der Waals surface area contributed by atoms with Crippen LogP contribution in [0.25, 0.3) is 0 Å². The van der Waals surface area contributed by atoms with Crippen molar-refractivity contribution in [3.63, 3.8) is 0 Å². The van der Waals surface area contributed by atoms with Crippen LogP contribution >= 0.6 is 11.8 Å². The first-order valence-electron chi connectivity index (χ1n) is 9.09. The Morgan fingerprint density at radius 1 is 1.38 bits per heavy atom. The van der Waals surface area contributed by atoms with Crippen molar-refractivity contribution in [1.29, 1.82) is 0 Å². The molecule has 0 fully saturated rings. The average Bonchev–Trinajstić information content (AvgIpc) is 2.70. The van der Waals surface area contributed by atoms with Crippen molar-refractivity contribution in [2.45, 2.75) is 18.9 Å². The lowest BCUT2D eigenvalue weighted by Crippen LogP contribution is -2.44. The maximum atomic E-state index is 14.9. The number of rotatable bonds is 6. The van der Waals surface area contributed by atoms with Gasteiger partial charge in [0.05, 0.1) is 12.8 Å². The van der Waals surface area contributed by atoms with Crippen molar-refractivity contribution in [2.24, 2.45) is 16.6 Å². The third-order valence-electron chi connectivity index (χ3n) is 4.93. The highest BCUT2D eigenvalue weighted by atomic mass is 32.2. The Morgan fingerprint density at radius 2 is 2.17 bits per heavy atom. The molecule has 1 aliphatic heterocycles. The molecule has 9 heteroatoms. The zero-order chi connectivity index (χ0) is 21.0. The van der Waals surface area contributed by atoms with E-state index in [4.69, 9.17) is 10.5 Å². The molecular formula is C20H22F2N4O2S. The monoisotopic (exact) mass is 420 g/mol. The van der Waals surface area contributed by atoms with E-state index >= 15 is 0 Å². The third kappa shape index (κ3) is 4.40. The number of nitrogens with zero attached hydrogens (tertiary/aromatic N) is 2. The molecule has 29 heavy (non-hydrogen) atoms. The number of ether oxygens (including phenoxy) is 1. The van der Waals surface area contributed by atoms with Gasteiger partial charge in [0.25, 0.3) is 5.91 Å². The zero-order valence-electron chi connectivity index (χ0n) is 16.1. The van der Waals surface area contributed by atoms with E-state index in [1.165, 1.54) is 37.1 Å². The average molecular weight is 420 g/mol. The number of hydrogen-bond acceptors (Lipinski definition) is 6. The minimum absolute atomic E-state index is 0.000957. The SMILES string of the molecule is CC[C@H]1CSC(N)=N[C@]1(COC)c1cc(NC(=O)c2ccc(F)cn2)ccc1F. The van der Waals surface area contributed by atoms with Crippen LogP contribution in [0, 0.1) is 17.6 Å². The number of pyridine rings is 1. The summed E-state index contributed by atoms with van der Waals surface area (Å²) >= 11 is 1.43. The minimum atomic E-state index is -0.988. The van der Waals surface area contributed by atoms with Crippen molar-refractivity contribution in [3.05, 3.63) is 59.4 Å². The maximum Gasteiger partial charge on any atom is 0.274 e. The second kappa shape index (κ2) is 8.87. The summed E-state index contributed by atoms with van der Waals surface area (Å²) in [6.45, 7) is 2.16. The summed E-state index contributed by atoms with van der Waals surface area (Å²) in [6, 6.07) is 6.70. The first-order chi connectivity index (χ1) is 13.9. The normalized spacial score (nSPS) is 21.5. The van der Waals surface area contributed by atoms with E-state index in [0.29, 0.717) is 22.2 Å². The standard InChI is InChI=1S/C20H22F2N4O2S/c1-3-12-10-29-19(23)26-20(12,11-28-2)15-8-14(5-6-16(15)22)25-18(27)17-7-4-13(21)9-24-17/h4-9,12H,3,10-11H2,1-2H3,(H2,23,26)(H,25,27)/t12-,20-/m0/s1. The van der Waals surface area contributed by atoms with Crippen LogP contribution in [0.1, 0.15) is 29.4 Å². The molecule has 1 aromatic heterocycles. The summed E-state index contributed by atoms with van der Waals surface area (Å²) in [4.78, 5) is 20.8. The molecule has 2 aromatic rings. The highest BCUT2D eigenvalue weighted by Gasteiger charge is 2.44. The maximum absolute atomic E-state index is 14.9. The molecule has 2 atom stereocenters. The lowest BCUT2D eigenvalue weighted by Gasteiger charge is -2.40. The number of thioether (sulfide) groups is 1. The molecule has 0 unspecified atom stereocenters. The van der Waals surface area contributed by atoms with Gasteiger partial charge in [-0.2, -0.15) is 0 Å². The van der Waals surface area contributed by atoms with E-state index < -0.39 is 23.1 Å². The van der Waals surface area contributed by atoms with Gasteiger partial charge in [0, 0.05) is 24.1 Å². The van der Waals surface area contributed by atoms with Gasteiger partial charge in [0.1, 0.15) is 22.9 Å². The Bertz CT molecular complexity index is 923. The zero-order valence-corrected chi connectivity index (χ0v) is 16.9. The second-order valence-corrected chi connectivity index (χ2v) is 7.77. The molecule has 2 heterocycles. The number of benzene rings is 1. The van der Waals surface area contributed by atoms with Gasteiger partial charge in [-0.3, -0.25) is 4.79 Å². The fourth-order valence-electron chi connectivity index (χ4n) is 3.47. The van der Waals surface area contributed by atoms with Crippen LogP contribution in [0.2, 0.25) is 0 Å². The quantitative estimate of drug-likeness (QED) is 0.746. The van der Waals surface area contributed by atoms with Gasteiger partial charge >= 0.3 is 0 Å². The molecule has 1 amide bonds.